The number of hydrogen-bond donors (Lipinski definition) is 2. The van der Waals surface area contributed by atoms with Crippen LogP contribution in [-0.2, 0) is 6.54 Å². The fourth-order valence-corrected chi connectivity index (χ4v) is 2.05. The van der Waals surface area contributed by atoms with E-state index >= 15 is 0 Å². The second-order valence-electron chi connectivity index (χ2n) is 4.21. The summed E-state index contributed by atoms with van der Waals surface area (Å²) in [5.41, 5.74) is 0.223. The van der Waals surface area contributed by atoms with E-state index in [0.29, 0.717) is 5.56 Å². The predicted octanol–water partition coefficient (Wildman–Crippen LogP) is 2.88. The Hall–Kier alpha value is -2.60. The molecule has 0 radical (unpaired) electrons. The molecule has 0 heterocycles. The van der Waals surface area contributed by atoms with Crippen LogP contribution in [0.15, 0.2) is 42.5 Å². The van der Waals surface area contributed by atoms with Crippen LogP contribution in [0.25, 0.3) is 0 Å². The van der Waals surface area contributed by atoms with Gasteiger partial charge in [-0.3, -0.25) is 14.9 Å². The number of phenols is 1. The van der Waals surface area contributed by atoms with Gasteiger partial charge in [0.15, 0.2) is 0 Å². The quantitative estimate of drug-likeness (QED) is 0.671. The lowest BCUT2D eigenvalue weighted by Gasteiger charge is -2.08. The normalized spacial score (nSPS) is 10.1. The van der Waals surface area contributed by atoms with Gasteiger partial charge in [-0.25, -0.2) is 0 Å². The number of nitrogens with one attached hydrogen (secondary N) is 1. The number of hydrogen-bond acceptors (Lipinski definition) is 4. The number of aromatic hydroxyl groups is 1. The maximum atomic E-state index is 12.0. The topological polar surface area (TPSA) is 92.5 Å². The van der Waals surface area contributed by atoms with Gasteiger partial charge in [-0.2, -0.15) is 0 Å². The number of carbonyl (C=O) groups is 1. The fraction of sp³-hybridized carbons (Fsp3) is 0.0714. The molecule has 6 nitrogen and oxygen atoms in total. The van der Waals surface area contributed by atoms with E-state index in [-0.39, 0.29) is 28.6 Å². The Labute approximate surface area is 125 Å². The van der Waals surface area contributed by atoms with Crippen LogP contribution in [-0.4, -0.2) is 15.9 Å². The van der Waals surface area contributed by atoms with Gasteiger partial charge in [-0.1, -0.05) is 35.9 Å². The van der Waals surface area contributed by atoms with E-state index in [1.54, 1.807) is 18.2 Å². The van der Waals surface area contributed by atoms with Crippen LogP contribution in [0.2, 0.25) is 5.02 Å². The van der Waals surface area contributed by atoms with Gasteiger partial charge in [-0.05, 0) is 12.1 Å². The van der Waals surface area contributed by atoms with Crippen molar-refractivity contribution in [2.24, 2.45) is 0 Å². The lowest BCUT2D eigenvalue weighted by atomic mass is 10.1. The zero-order valence-corrected chi connectivity index (χ0v) is 11.5. The van der Waals surface area contributed by atoms with Crippen LogP contribution in [0.5, 0.6) is 5.75 Å². The highest BCUT2D eigenvalue weighted by Gasteiger charge is 2.19. The van der Waals surface area contributed by atoms with Crippen LogP contribution in [0, 0.1) is 10.1 Å². The number of nitro groups is 1. The van der Waals surface area contributed by atoms with Crippen molar-refractivity contribution in [1.82, 2.24) is 5.32 Å². The van der Waals surface area contributed by atoms with Crippen LogP contribution >= 0.6 is 11.6 Å². The maximum absolute atomic E-state index is 12.0. The highest BCUT2D eigenvalue weighted by atomic mass is 35.5. The van der Waals surface area contributed by atoms with E-state index in [2.05, 4.69) is 5.32 Å². The molecule has 1 amide bonds. The van der Waals surface area contributed by atoms with Gasteiger partial charge in [-0.15, -0.1) is 0 Å². The molecular formula is C14H11ClN2O4. The molecule has 0 saturated carbocycles. The minimum atomic E-state index is -0.651. The lowest BCUT2D eigenvalue weighted by Crippen LogP contribution is -2.23. The molecule has 0 fully saturated rings. The number of carbonyl (C=O) groups excluding carboxylic acids is 1. The Morgan fingerprint density at radius 3 is 2.62 bits per heavy atom. The first-order valence-electron chi connectivity index (χ1n) is 5.98. The average molecular weight is 307 g/mol. The molecule has 2 aromatic carbocycles. The molecule has 2 N–H and O–H groups in total. The number of nitro benzene ring substituents is 1. The summed E-state index contributed by atoms with van der Waals surface area (Å²) in [7, 11) is 0. The van der Waals surface area contributed by atoms with Crippen molar-refractivity contribution in [2.75, 3.05) is 0 Å². The van der Waals surface area contributed by atoms with Gasteiger partial charge >= 0.3 is 0 Å². The molecule has 108 valence electrons. The Bertz CT molecular complexity index is 703. The van der Waals surface area contributed by atoms with Crippen molar-refractivity contribution in [3.8, 4) is 5.75 Å². The van der Waals surface area contributed by atoms with E-state index in [1.165, 1.54) is 24.3 Å². The summed E-state index contributed by atoms with van der Waals surface area (Å²) in [6.45, 7) is 0.0878. The van der Waals surface area contributed by atoms with Crippen molar-refractivity contribution in [2.45, 2.75) is 6.54 Å². The SMILES string of the molecule is O=C(NCc1ccccc1O)c1cccc([N+](=O)[O-])c1Cl. The fourth-order valence-electron chi connectivity index (χ4n) is 1.77. The second kappa shape index (κ2) is 6.23. The lowest BCUT2D eigenvalue weighted by molar-refractivity contribution is -0.384. The molecule has 0 atom stereocenters. The van der Waals surface area contributed by atoms with Crippen LogP contribution in [0.4, 0.5) is 5.69 Å². The van der Waals surface area contributed by atoms with E-state index in [0.717, 1.165) is 0 Å². The van der Waals surface area contributed by atoms with E-state index in [9.17, 15) is 20.0 Å². The first-order valence-corrected chi connectivity index (χ1v) is 6.36. The molecule has 0 unspecified atom stereocenters. The van der Waals surface area contributed by atoms with E-state index < -0.39 is 10.8 Å². The molecule has 0 aliphatic carbocycles. The minimum Gasteiger partial charge on any atom is -0.508 e. The number of nitrogens with zero attached hydrogens (tertiary/aromatic N) is 1. The third-order valence-electron chi connectivity index (χ3n) is 2.85. The number of amides is 1. The van der Waals surface area contributed by atoms with Crippen molar-refractivity contribution < 1.29 is 14.8 Å². The summed E-state index contributed by atoms with van der Waals surface area (Å²) in [6.07, 6.45) is 0. The number of halogens is 1. The van der Waals surface area contributed by atoms with Crippen molar-refractivity contribution >= 4 is 23.2 Å². The van der Waals surface area contributed by atoms with Crippen LogP contribution in [0.3, 0.4) is 0 Å². The summed E-state index contributed by atoms with van der Waals surface area (Å²) in [5, 5.41) is 22.7. The molecule has 2 rings (SSSR count). The first-order chi connectivity index (χ1) is 10.0. The Balaban J connectivity index is 2.16. The summed E-state index contributed by atoms with van der Waals surface area (Å²) < 4.78 is 0. The standard InChI is InChI=1S/C14H11ClN2O4/c15-13-10(5-3-6-11(13)17(20)21)14(19)16-8-9-4-1-2-7-12(9)18/h1-7,18H,8H2,(H,16,19). The summed E-state index contributed by atoms with van der Waals surface area (Å²) >= 11 is 5.86. The van der Waals surface area contributed by atoms with Gasteiger partial charge in [0, 0.05) is 18.2 Å². The zero-order valence-electron chi connectivity index (χ0n) is 10.7. The molecule has 0 aromatic heterocycles. The van der Waals surface area contributed by atoms with Gasteiger partial charge in [0.2, 0.25) is 0 Å². The van der Waals surface area contributed by atoms with Crippen molar-refractivity contribution in [3.05, 3.63) is 68.7 Å². The molecular weight excluding hydrogens is 296 g/mol. The van der Waals surface area contributed by atoms with Crippen LogP contribution in [0.1, 0.15) is 15.9 Å². The maximum Gasteiger partial charge on any atom is 0.288 e. The average Bonchev–Trinajstić information content (AvgIpc) is 2.46. The summed E-state index contributed by atoms with van der Waals surface area (Å²) in [5.74, 6) is -0.491. The molecule has 2 aromatic rings. The predicted molar refractivity (Wildman–Crippen MR) is 77.4 cm³/mol. The Kier molecular flexibility index (Phi) is 4.39. The number of benzene rings is 2. The summed E-state index contributed by atoms with van der Waals surface area (Å²) in [6, 6.07) is 10.6. The third-order valence-corrected chi connectivity index (χ3v) is 3.25. The van der Waals surface area contributed by atoms with Gasteiger partial charge in [0.25, 0.3) is 11.6 Å². The largest absolute Gasteiger partial charge is 0.508 e. The second-order valence-corrected chi connectivity index (χ2v) is 4.59. The third kappa shape index (κ3) is 3.29. The van der Waals surface area contributed by atoms with E-state index in [4.69, 9.17) is 11.6 Å². The van der Waals surface area contributed by atoms with Gasteiger partial charge in [0.05, 0.1) is 10.5 Å². The first kappa shape index (κ1) is 14.8. The minimum absolute atomic E-state index is 0.0151. The molecule has 0 saturated heterocycles. The molecule has 0 aliphatic rings. The van der Waals surface area contributed by atoms with Crippen LogP contribution < -0.4 is 5.32 Å². The molecule has 0 aliphatic heterocycles. The molecule has 21 heavy (non-hydrogen) atoms. The molecule has 0 bridgehead atoms. The van der Waals surface area contributed by atoms with Gasteiger partial charge in [0.1, 0.15) is 10.8 Å². The zero-order chi connectivity index (χ0) is 15.4. The van der Waals surface area contributed by atoms with E-state index in [1.807, 2.05) is 0 Å². The number of rotatable bonds is 4. The Morgan fingerprint density at radius 1 is 1.24 bits per heavy atom. The summed E-state index contributed by atoms with van der Waals surface area (Å²) in [4.78, 5) is 22.2. The van der Waals surface area contributed by atoms with Crippen molar-refractivity contribution in [3.63, 3.8) is 0 Å². The highest BCUT2D eigenvalue weighted by molar-refractivity contribution is 6.35. The number of phenolic OH excluding ortho intramolecular Hbond substituents is 1. The molecule has 0 spiro atoms. The smallest absolute Gasteiger partial charge is 0.288 e. The highest BCUT2D eigenvalue weighted by Crippen LogP contribution is 2.27. The van der Waals surface area contributed by atoms with Crippen molar-refractivity contribution in [1.29, 1.82) is 0 Å². The van der Waals surface area contributed by atoms with Gasteiger partial charge < -0.3 is 10.4 Å². The molecule has 7 heteroatoms. The number of para-hydroxylation sites is 1. The monoisotopic (exact) mass is 306 g/mol. The Morgan fingerprint density at radius 2 is 1.95 bits per heavy atom.